The van der Waals surface area contributed by atoms with Gasteiger partial charge in [-0.3, -0.25) is 0 Å². The van der Waals surface area contributed by atoms with Gasteiger partial charge in [0.25, 0.3) is 0 Å². The molecule has 1 aliphatic carbocycles. The number of aliphatic hydroxyl groups is 1. The van der Waals surface area contributed by atoms with Gasteiger partial charge in [-0.1, -0.05) is 38.1 Å². The smallest absolute Gasteiger partial charge is 0.0528 e. The van der Waals surface area contributed by atoms with Gasteiger partial charge in [0, 0.05) is 5.41 Å². The van der Waals surface area contributed by atoms with Crippen molar-refractivity contribution in [3.8, 4) is 0 Å². The van der Waals surface area contributed by atoms with Crippen molar-refractivity contribution in [3.63, 3.8) is 0 Å². The maximum Gasteiger partial charge on any atom is 0.0528 e. The molecule has 0 aliphatic heterocycles. The van der Waals surface area contributed by atoms with Crippen LogP contribution in [0.5, 0.6) is 0 Å². The summed E-state index contributed by atoms with van der Waals surface area (Å²) in [6.07, 6.45) is 4.62. The summed E-state index contributed by atoms with van der Waals surface area (Å²) in [6.45, 7) is 4.78. The zero-order chi connectivity index (χ0) is 11.6. The van der Waals surface area contributed by atoms with Crippen molar-refractivity contribution >= 4 is 0 Å². The van der Waals surface area contributed by atoms with Gasteiger partial charge in [0.2, 0.25) is 0 Å². The zero-order valence-electron chi connectivity index (χ0n) is 10.4. The monoisotopic (exact) mass is 218 g/mol. The molecule has 0 heterocycles. The SMILES string of the molecule is CC(C)CC1(CO)CCCc2ccccc21. The van der Waals surface area contributed by atoms with Crippen molar-refractivity contribution in [2.24, 2.45) is 5.92 Å². The molecule has 1 aromatic rings. The van der Waals surface area contributed by atoms with Gasteiger partial charge in [-0.25, -0.2) is 0 Å². The van der Waals surface area contributed by atoms with E-state index in [4.69, 9.17) is 0 Å². The quantitative estimate of drug-likeness (QED) is 0.825. The summed E-state index contributed by atoms with van der Waals surface area (Å²) in [6, 6.07) is 8.66. The Morgan fingerprint density at radius 3 is 2.75 bits per heavy atom. The number of benzene rings is 1. The number of hydrogen-bond acceptors (Lipinski definition) is 1. The van der Waals surface area contributed by atoms with Crippen molar-refractivity contribution in [2.45, 2.75) is 44.9 Å². The van der Waals surface area contributed by atoms with Crippen LogP contribution in [0.15, 0.2) is 24.3 Å². The van der Waals surface area contributed by atoms with Crippen LogP contribution >= 0.6 is 0 Å². The normalized spacial score (nSPS) is 24.5. The van der Waals surface area contributed by atoms with Crippen LogP contribution in [0.2, 0.25) is 0 Å². The third-order valence-electron chi connectivity index (χ3n) is 3.79. The summed E-state index contributed by atoms with van der Waals surface area (Å²) < 4.78 is 0. The number of rotatable bonds is 3. The molecule has 1 aliphatic rings. The van der Waals surface area contributed by atoms with E-state index in [1.807, 2.05) is 0 Å². The Labute approximate surface area is 98.5 Å². The molecule has 1 heteroatoms. The van der Waals surface area contributed by atoms with Crippen LogP contribution in [-0.4, -0.2) is 11.7 Å². The fourth-order valence-corrected chi connectivity index (χ4v) is 3.23. The topological polar surface area (TPSA) is 20.2 Å². The van der Waals surface area contributed by atoms with E-state index in [-0.39, 0.29) is 5.41 Å². The molecule has 16 heavy (non-hydrogen) atoms. The molecular formula is C15H22O. The van der Waals surface area contributed by atoms with Crippen LogP contribution in [0.25, 0.3) is 0 Å². The summed E-state index contributed by atoms with van der Waals surface area (Å²) in [7, 11) is 0. The van der Waals surface area contributed by atoms with Gasteiger partial charge in [0.15, 0.2) is 0 Å². The fraction of sp³-hybridized carbons (Fsp3) is 0.600. The highest BCUT2D eigenvalue weighted by Gasteiger charge is 2.36. The van der Waals surface area contributed by atoms with Crippen LogP contribution in [0, 0.1) is 5.92 Å². The van der Waals surface area contributed by atoms with Gasteiger partial charge in [-0.15, -0.1) is 0 Å². The molecule has 0 spiro atoms. The molecule has 1 N–H and O–H groups in total. The first kappa shape index (κ1) is 11.7. The van der Waals surface area contributed by atoms with Crippen LogP contribution in [0.1, 0.15) is 44.2 Å². The molecule has 0 saturated heterocycles. The zero-order valence-corrected chi connectivity index (χ0v) is 10.4. The van der Waals surface area contributed by atoms with Gasteiger partial charge < -0.3 is 5.11 Å². The highest BCUT2D eigenvalue weighted by atomic mass is 16.3. The largest absolute Gasteiger partial charge is 0.395 e. The van der Waals surface area contributed by atoms with E-state index < -0.39 is 0 Å². The molecule has 88 valence electrons. The van der Waals surface area contributed by atoms with Crippen molar-refractivity contribution < 1.29 is 5.11 Å². The van der Waals surface area contributed by atoms with Crippen molar-refractivity contribution in [2.75, 3.05) is 6.61 Å². The number of hydrogen-bond donors (Lipinski definition) is 1. The Hall–Kier alpha value is -0.820. The van der Waals surface area contributed by atoms with Gasteiger partial charge in [0.1, 0.15) is 0 Å². The maximum absolute atomic E-state index is 9.84. The summed E-state index contributed by atoms with van der Waals surface area (Å²) in [4.78, 5) is 0. The first-order valence-electron chi connectivity index (χ1n) is 6.37. The molecule has 0 fully saturated rings. The maximum atomic E-state index is 9.84. The van der Waals surface area contributed by atoms with E-state index in [1.54, 1.807) is 0 Å². The standard InChI is InChI=1S/C15H22O/c1-12(2)10-15(11-16)9-5-7-13-6-3-4-8-14(13)15/h3-4,6,8,12,16H,5,7,9-11H2,1-2H3. The summed E-state index contributed by atoms with van der Waals surface area (Å²) >= 11 is 0. The minimum Gasteiger partial charge on any atom is -0.395 e. The lowest BCUT2D eigenvalue weighted by molar-refractivity contribution is 0.151. The minimum absolute atomic E-state index is 0.0308. The fourth-order valence-electron chi connectivity index (χ4n) is 3.23. The van der Waals surface area contributed by atoms with Crippen molar-refractivity contribution in [1.29, 1.82) is 0 Å². The molecule has 1 aromatic carbocycles. The van der Waals surface area contributed by atoms with Crippen molar-refractivity contribution in [1.82, 2.24) is 0 Å². The van der Waals surface area contributed by atoms with E-state index in [2.05, 4.69) is 38.1 Å². The van der Waals surface area contributed by atoms with Gasteiger partial charge in [0.05, 0.1) is 6.61 Å². The van der Waals surface area contributed by atoms with E-state index in [9.17, 15) is 5.11 Å². The van der Waals surface area contributed by atoms with Gasteiger partial charge in [-0.05, 0) is 42.7 Å². The Bertz CT molecular complexity index is 356. The molecule has 0 radical (unpaired) electrons. The highest BCUT2D eigenvalue weighted by molar-refractivity contribution is 5.37. The molecule has 0 bridgehead atoms. The number of aryl methyl sites for hydroxylation is 1. The Balaban J connectivity index is 2.40. The Morgan fingerprint density at radius 2 is 2.06 bits per heavy atom. The number of fused-ring (bicyclic) bond motifs is 1. The molecule has 1 nitrogen and oxygen atoms in total. The molecule has 2 rings (SSSR count). The van der Waals surface area contributed by atoms with E-state index >= 15 is 0 Å². The lowest BCUT2D eigenvalue weighted by Gasteiger charge is -2.39. The third-order valence-corrected chi connectivity index (χ3v) is 3.79. The van der Waals surface area contributed by atoms with E-state index in [0.29, 0.717) is 12.5 Å². The molecule has 1 atom stereocenters. The van der Waals surface area contributed by atoms with Gasteiger partial charge >= 0.3 is 0 Å². The molecule has 0 amide bonds. The molecule has 0 saturated carbocycles. The average Bonchev–Trinajstić information content (AvgIpc) is 2.29. The highest BCUT2D eigenvalue weighted by Crippen LogP contribution is 2.41. The Morgan fingerprint density at radius 1 is 1.31 bits per heavy atom. The third kappa shape index (κ3) is 2.01. The predicted octanol–water partition coefficient (Wildman–Crippen LogP) is 3.30. The molecule has 0 aromatic heterocycles. The summed E-state index contributed by atoms with van der Waals surface area (Å²) in [5, 5.41) is 9.84. The van der Waals surface area contributed by atoms with E-state index in [1.165, 1.54) is 24.0 Å². The minimum atomic E-state index is 0.0308. The number of aliphatic hydroxyl groups excluding tert-OH is 1. The van der Waals surface area contributed by atoms with Crippen LogP contribution in [0.3, 0.4) is 0 Å². The molecular weight excluding hydrogens is 196 g/mol. The average molecular weight is 218 g/mol. The summed E-state index contributed by atoms with van der Waals surface area (Å²) in [5.41, 5.74) is 2.88. The lowest BCUT2D eigenvalue weighted by Crippen LogP contribution is -2.36. The van der Waals surface area contributed by atoms with Crippen LogP contribution in [-0.2, 0) is 11.8 Å². The second-order valence-electron chi connectivity index (χ2n) is 5.55. The Kier molecular flexibility index (Phi) is 3.34. The van der Waals surface area contributed by atoms with Crippen LogP contribution in [0.4, 0.5) is 0 Å². The second kappa shape index (κ2) is 4.58. The van der Waals surface area contributed by atoms with Crippen molar-refractivity contribution in [3.05, 3.63) is 35.4 Å². The summed E-state index contributed by atoms with van der Waals surface area (Å²) in [5.74, 6) is 0.637. The van der Waals surface area contributed by atoms with Gasteiger partial charge in [-0.2, -0.15) is 0 Å². The second-order valence-corrected chi connectivity index (χ2v) is 5.55. The first-order valence-corrected chi connectivity index (χ1v) is 6.37. The molecule has 1 unspecified atom stereocenters. The first-order chi connectivity index (χ1) is 7.68. The lowest BCUT2D eigenvalue weighted by atomic mass is 9.66. The predicted molar refractivity (Wildman–Crippen MR) is 67.6 cm³/mol. The van der Waals surface area contributed by atoms with Crippen LogP contribution < -0.4 is 0 Å². The van der Waals surface area contributed by atoms with E-state index in [0.717, 1.165) is 12.8 Å².